The molecule has 218 valence electrons. The van der Waals surface area contributed by atoms with Crippen LogP contribution in [0.5, 0.6) is 0 Å². The normalized spacial score (nSPS) is 21.7. The third-order valence-electron chi connectivity index (χ3n) is 9.65. The van der Waals surface area contributed by atoms with Gasteiger partial charge in [-0.2, -0.15) is 0 Å². The molecule has 0 saturated heterocycles. The van der Waals surface area contributed by atoms with Crippen LogP contribution in [0.3, 0.4) is 0 Å². The second-order valence-corrected chi connectivity index (χ2v) is 18.1. The van der Waals surface area contributed by atoms with Crippen LogP contribution < -0.4 is 10.8 Å². The molecule has 2 aromatic rings. The second kappa shape index (κ2) is 10.6. The van der Waals surface area contributed by atoms with E-state index in [0.717, 1.165) is 55.2 Å². The number of esters is 2. The van der Waals surface area contributed by atoms with Crippen molar-refractivity contribution in [3.8, 4) is 0 Å². The fourth-order valence-electron chi connectivity index (χ4n) is 6.63. The van der Waals surface area contributed by atoms with Crippen molar-refractivity contribution in [1.82, 2.24) is 9.55 Å². The largest absolute Gasteiger partial charge is 0.505 e. The van der Waals surface area contributed by atoms with E-state index in [1.54, 1.807) is 6.92 Å². The van der Waals surface area contributed by atoms with E-state index in [0.29, 0.717) is 41.8 Å². The molecule has 0 amide bonds. The van der Waals surface area contributed by atoms with Crippen molar-refractivity contribution in [1.29, 1.82) is 0 Å². The lowest BCUT2D eigenvalue weighted by Crippen LogP contribution is -2.49. The Morgan fingerprint density at radius 1 is 1.27 bits per heavy atom. The van der Waals surface area contributed by atoms with E-state index in [9.17, 15) is 19.8 Å². The molecule has 1 saturated carbocycles. The number of hydrogen-bond acceptors (Lipinski definition) is 7. The van der Waals surface area contributed by atoms with E-state index in [1.165, 1.54) is 11.1 Å². The number of cyclic esters (lactones) is 1. The highest BCUT2D eigenvalue weighted by atomic mass is 28.3. The summed E-state index contributed by atoms with van der Waals surface area (Å²) in [6.07, 6.45) is 7.57. The molecule has 3 heterocycles. The Kier molecular flexibility index (Phi) is 7.22. The van der Waals surface area contributed by atoms with Gasteiger partial charge in [-0.3, -0.25) is 4.79 Å². The van der Waals surface area contributed by atoms with Crippen molar-refractivity contribution in [2.45, 2.75) is 89.2 Å². The van der Waals surface area contributed by atoms with E-state index < -0.39 is 19.6 Å². The zero-order chi connectivity index (χ0) is 28.9. The molecule has 9 heteroatoms. The SMILES string of the molecule is CCC1(O)C(=O)OCC2=C1Cc1nc3n(c1=C2O)Cc1c(cccc1CC[Si](C)(C)CCCOC(=O)C1CCC1)C=3. The predicted molar refractivity (Wildman–Crippen MR) is 157 cm³/mol. The van der Waals surface area contributed by atoms with Crippen LogP contribution in [-0.4, -0.2) is 58.6 Å². The van der Waals surface area contributed by atoms with E-state index in [2.05, 4.69) is 41.9 Å². The number of carbonyl (C=O) groups is 2. The molecule has 0 radical (unpaired) electrons. The van der Waals surface area contributed by atoms with Crippen LogP contribution in [0.1, 0.15) is 61.4 Å². The van der Waals surface area contributed by atoms with E-state index >= 15 is 0 Å². The van der Waals surface area contributed by atoms with Crippen molar-refractivity contribution in [2.75, 3.05) is 13.2 Å². The quantitative estimate of drug-likeness (QED) is 0.229. The van der Waals surface area contributed by atoms with Gasteiger partial charge in [-0.25, -0.2) is 9.78 Å². The highest BCUT2D eigenvalue weighted by molar-refractivity contribution is 6.77. The number of aromatic nitrogens is 2. The van der Waals surface area contributed by atoms with Gasteiger partial charge in [0.1, 0.15) is 23.2 Å². The fourth-order valence-corrected chi connectivity index (χ4v) is 8.92. The molecular weight excluding hydrogens is 536 g/mol. The van der Waals surface area contributed by atoms with Crippen molar-refractivity contribution < 1.29 is 29.3 Å². The van der Waals surface area contributed by atoms with Gasteiger partial charge in [-0.15, -0.1) is 0 Å². The Morgan fingerprint density at radius 2 is 2.07 bits per heavy atom. The minimum atomic E-state index is -1.74. The van der Waals surface area contributed by atoms with E-state index in [-0.39, 0.29) is 30.7 Å². The van der Waals surface area contributed by atoms with Crippen molar-refractivity contribution in [3.05, 3.63) is 62.6 Å². The number of benzene rings is 1. The van der Waals surface area contributed by atoms with Crippen molar-refractivity contribution in [2.24, 2.45) is 5.92 Å². The number of imidazole rings is 1. The summed E-state index contributed by atoms with van der Waals surface area (Å²) in [6, 6.07) is 8.69. The summed E-state index contributed by atoms with van der Waals surface area (Å²) in [5.74, 6) is -0.490. The summed E-state index contributed by atoms with van der Waals surface area (Å²) in [5.41, 5.74) is 4.39. The third-order valence-corrected chi connectivity index (χ3v) is 13.0. The molecule has 4 aliphatic rings. The number of fused-ring (bicyclic) bond motifs is 4. The maximum absolute atomic E-state index is 12.4. The highest BCUT2D eigenvalue weighted by Crippen LogP contribution is 2.36. The molecule has 1 aromatic carbocycles. The zero-order valence-corrected chi connectivity index (χ0v) is 25.3. The summed E-state index contributed by atoms with van der Waals surface area (Å²) in [6.45, 7) is 7.65. The van der Waals surface area contributed by atoms with Crippen LogP contribution in [0, 0.1) is 5.92 Å². The summed E-state index contributed by atoms with van der Waals surface area (Å²) in [5, 5.41) is 23.1. The number of hydrogen-bond donors (Lipinski definition) is 2. The number of ether oxygens (including phenoxy) is 2. The van der Waals surface area contributed by atoms with Crippen molar-refractivity contribution >= 4 is 31.8 Å². The maximum Gasteiger partial charge on any atom is 0.342 e. The Labute approximate surface area is 241 Å². The molecule has 1 aromatic heterocycles. The fraction of sp³-hybridized carbons (Fsp3) is 0.531. The number of rotatable bonds is 9. The molecule has 8 nitrogen and oxygen atoms in total. The number of aryl methyl sites for hydroxylation is 1. The lowest BCUT2D eigenvalue weighted by atomic mass is 9.80. The third kappa shape index (κ3) is 4.97. The Hall–Kier alpha value is -3.17. The van der Waals surface area contributed by atoms with Gasteiger partial charge in [0.25, 0.3) is 0 Å². The van der Waals surface area contributed by atoms with Gasteiger partial charge in [0.05, 0.1) is 24.8 Å². The van der Waals surface area contributed by atoms with Crippen LogP contribution in [0.4, 0.5) is 0 Å². The van der Waals surface area contributed by atoms with Crippen LogP contribution >= 0.6 is 0 Å². The van der Waals surface area contributed by atoms with Gasteiger partial charge < -0.3 is 24.3 Å². The first-order chi connectivity index (χ1) is 19.6. The molecule has 0 spiro atoms. The Balaban J connectivity index is 1.19. The van der Waals surface area contributed by atoms with Gasteiger partial charge in [0, 0.05) is 20.1 Å². The van der Waals surface area contributed by atoms with E-state index in [4.69, 9.17) is 14.5 Å². The number of aliphatic hydroxyl groups excluding tert-OH is 1. The molecule has 6 rings (SSSR count). The van der Waals surface area contributed by atoms with Crippen molar-refractivity contribution in [3.63, 3.8) is 0 Å². The van der Waals surface area contributed by atoms with Gasteiger partial charge in [-0.1, -0.05) is 56.7 Å². The van der Waals surface area contributed by atoms with Crippen LogP contribution in [0.2, 0.25) is 25.2 Å². The number of aliphatic hydroxyl groups is 2. The maximum atomic E-state index is 12.4. The summed E-state index contributed by atoms with van der Waals surface area (Å²) in [7, 11) is -1.50. The number of carbonyl (C=O) groups excluding carboxylic acids is 2. The average Bonchev–Trinajstić information content (AvgIpc) is 3.27. The molecule has 1 fully saturated rings. The lowest BCUT2D eigenvalue weighted by Gasteiger charge is -2.35. The van der Waals surface area contributed by atoms with Gasteiger partial charge in [0.2, 0.25) is 0 Å². The summed E-state index contributed by atoms with van der Waals surface area (Å²) < 4.78 is 12.9. The van der Waals surface area contributed by atoms with Crippen LogP contribution in [-0.2, 0) is 38.4 Å². The van der Waals surface area contributed by atoms with Gasteiger partial charge in [0.15, 0.2) is 5.60 Å². The first-order valence-electron chi connectivity index (χ1n) is 15.0. The molecule has 1 atom stereocenters. The molecule has 1 unspecified atom stereocenters. The van der Waals surface area contributed by atoms with Crippen LogP contribution in [0.25, 0.3) is 11.8 Å². The average molecular weight is 577 g/mol. The summed E-state index contributed by atoms with van der Waals surface area (Å²) in [4.78, 5) is 29.3. The molecule has 2 N–H and O–H groups in total. The minimum Gasteiger partial charge on any atom is -0.505 e. The molecule has 0 bridgehead atoms. The molecular formula is C32H40N2O6Si. The predicted octanol–water partition coefficient (Wildman–Crippen LogP) is 3.27. The van der Waals surface area contributed by atoms with Crippen LogP contribution in [0.15, 0.2) is 29.3 Å². The molecule has 41 heavy (non-hydrogen) atoms. The summed E-state index contributed by atoms with van der Waals surface area (Å²) >= 11 is 0. The first kappa shape index (κ1) is 28.0. The first-order valence-corrected chi connectivity index (χ1v) is 18.4. The second-order valence-electron chi connectivity index (χ2n) is 12.8. The molecule has 2 aliphatic heterocycles. The standard InChI is InChI=1S/C32H40N2O6Si/c1-4-32(38)25-17-26-28(29(35)24(25)19-40-31(32)37)34-18-23-20(8-5-11-22(23)16-27(34)33-26)12-15-41(2,3)14-7-13-39-30(36)21-9-6-10-21/h5,8,11,16,21,35,38H,4,6-7,9-10,12-15,17-19H2,1-3H3. The molecule has 2 aliphatic carbocycles. The van der Waals surface area contributed by atoms with E-state index in [1.807, 2.05) is 0 Å². The topological polar surface area (TPSA) is 111 Å². The van der Waals surface area contributed by atoms with Gasteiger partial charge >= 0.3 is 11.9 Å². The zero-order valence-electron chi connectivity index (χ0n) is 24.3. The Bertz CT molecular complexity index is 1570. The Morgan fingerprint density at radius 3 is 2.80 bits per heavy atom. The smallest absolute Gasteiger partial charge is 0.342 e. The lowest BCUT2D eigenvalue weighted by molar-refractivity contribution is -0.163. The highest BCUT2D eigenvalue weighted by Gasteiger charge is 2.47. The number of nitrogens with zero attached hydrogens (tertiary/aromatic N) is 2. The minimum absolute atomic E-state index is 0.00899. The van der Waals surface area contributed by atoms with Gasteiger partial charge in [-0.05, 0) is 60.4 Å². The monoisotopic (exact) mass is 576 g/mol.